The van der Waals surface area contributed by atoms with Gasteiger partial charge in [0.15, 0.2) is 0 Å². The summed E-state index contributed by atoms with van der Waals surface area (Å²) in [5.41, 5.74) is 4.78. The first-order valence-electron chi connectivity index (χ1n) is 8.00. The maximum atomic E-state index is 4.18. The predicted molar refractivity (Wildman–Crippen MR) is 108 cm³/mol. The predicted octanol–water partition coefficient (Wildman–Crippen LogP) is 6.54. The Bertz CT molecular complexity index is 688. The first-order valence-corrected chi connectivity index (χ1v) is 8.00. The summed E-state index contributed by atoms with van der Waals surface area (Å²) >= 11 is 0. The molecule has 1 nitrogen and oxygen atoms in total. The molecule has 0 saturated heterocycles. The molecule has 0 spiro atoms. The summed E-state index contributed by atoms with van der Waals surface area (Å²) in [5, 5.41) is 0. The minimum Gasteiger partial charge on any atom is -0.312 e. The molecule has 0 aromatic rings. The fourth-order valence-electron chi connectivity index (χ4n) is 2.09. The second-order valence-electron chi connectivity index (χ2n) is 5.49. The van der Waals surface area contributed by atoms with Gasteiger partial charge in [0.25, 0.3) is 0 Å². The Labute approximate surface area is 147 Å². The number of hydrogen-bond acceptors (Lipinski definition) is 1. The smallest absolute Gasteiger partial charge is 0.0457 e. The van der Waals surface area contributed by atoms with Crippen LogP contribution in [0.25, 0.3) is 0 Å². The maximum absolute atomic E-state index is 4.18. The van der Waals surface area contributed by atoms with Crippen LogP contribution in [0.15, 0.2) is 121 Å². The minimum absolute atomic E-state index is 0.818. The van der Waals surface area contributed by atoms with Gasteiger partial charge in [0.2, 0.25) is 0 Å². The molecule has 1 aliphatic heterocycles. The van der Waals surface area contributed by atoms with E-state index >= 15 is 0 Å². The van der Waals surface area contributed by atoms with Crippen LogP contribution in [0.5, 0.6) is 0 Å². The van der Waals surface area contributed by atoms with Gasteiger partial charge >= 0.3 is 0 Å². The first-order chi connectivity index (χ1) is 11.5. The van der Waals surface area contributed by atoms with Crippen molar-refractivity contribution in [3.63, 3.8) is 0 Å². The zero-order valence-electron chi connectivity index (χ0n) is 14.8. The van der Waals surface area contributed by atoms with E-state index in [1.54, 1.807) is 0 Å². The molecule has 1 rings (SSSR count). The van der Waals surface area contributed by atoms with Gasteiger partial charge < -0.3 is 4.90 Å². The van der Waals surface area contributed by atoms with E-state index in [1.165, 1.54) is 0 Å². The summed E-state index contributed by atoms with van der Waals surface area (Å²) in [6.07, 6.45) is 22.7. The van der Waals surface area contributed by atoms with E-state index in [-0.39, 0.29) is 0 Å². The van der Waals surface area contributed by atoms with Gasteiger partial charge in [-0.15, -0.1) is 0 Å². The normalized spacial score (nSPS) is 22.9. The third kappa shape index (κ3) is 6.13. The number of hydrogen-bond donors (Lipinski definition) is 0. The van der Waals surface area contributed by atoms with E-state index in [1.807, 2.05) is 60.4 Å². The Morgan fingerprint density at radius 1 is 1.00 bits per heavy atom. The Kier molecular flexibility index (Phi) is 8.07. The lowest BCUT2D eigenvalue weighted by molar-refractivity contribution is 0.583. The van der Waals surface area contributed by atoms with Gasteiger partial charge in [-0.2, -0.15) is 0 Å². The van der Waals surface area contributed by atoms with E-state index in [0.717, 1.165) is 34.7 Å². The largest absolute Gasteiger partial charge is 0.312 e. The lowest BCUT2D eigenvalue weighted by atomic mass is 10.2. The van der Waals surface area contributed by atoms with Crippen LogP contribution in [0.2, 0.25) is 0 Å². The zero-order chi connectivity index (χ0) is 17.9. The van der Waals surface area contributed by atoms with Crippen LogP contribution in [-0.2, 0) is 0 Å². The van der Waals surface area contributed by atoms with Crippen molar-refractivity contribution in [2.75, 3.05) is 0 Å². The van der Waals surface area contributed by atoms with Crippen LogP contribution >= 0.6 is 0 Å². The molecule has 0 bridgehead atoms. The third-order valence-corrected chi connectivity index (χ3v) is 3.52. The van der Waals surface area contributed by atoms with Crippen LogP contribution in [0, 0.1) is 0 Å². The second-order valence-corrected chi connectivity index (χ2v) is 5.49. The van der Waals surface area contributed by atoms with Crippen LogP contribution in [0.1, 0.15) is 20.3 Å². The molecule has 0 atom stereocenters. The lowest BCUT2D eigenvalue weighted by Gasteiger charge is -2.27. The Hall–Kier alpha value is -2.80. The molecule has 0 saturated carbocycles. The molecule has 1 heterocycles. The molecule has 0 aliphatic carbocycles. The molecule has 1 heteroatoms. The van der Waals surface area contributed by atoms with Gasteiger partial charge in [-0.05, 0) is 44.6 Å². The van der Waals surface area contributed by atoms with Crippen molar-refractivity contribution in [3.8, 4) is 0 Å². The first kappa shape index (κ1) is 19.2. The minimum atomic E-state index is 0.818. The van der Waals surface area contributed by atoms with Crippen molar-refractivity contribution < 1.29 is 0 Å². The number of rotatable bonds is 3. The van der Waals surface area contributed by atoms with E-state index in [9.17, 15) is 0 Å². The number of nitrogens with zero attached hydrogens (tertiary/aromatic N) is 1. The molecule has 0 aromatic carbocycles. The zero-order valence-corrected chi connectivity index (χ0v) is 14.8. The van der Waals surface area contributed by atoms with Gasteiger partial charge in [-0.25, -0.2) is 0 Å². The van der Waals surface area contributed by atoms with E-state index in [0.29, 0.717) is 0 Å². The van der Waals surface area contributed by atoms with Crippen LogP contribution in [0.3, 0.4) is 0 Å². The van der Waals surface area contributed by atoms with Crippen LogP contribution < -0.4 is 0 Å². The van der Waals surface area contributed by atoms with Gasteiger partial charge in [-0.1, -0.05) is 80.0 Å². The van der Waals surface area contributed by atoms with Crippen molar-refractivity contribution in [1.29, 1.82) is 0 Å². The summed E-state index contributed by atoms with van der Waals surface area (Å²) < 4.78 is 0. The molecule has 124 valence electrons. The molecule has 0 unspecified atom stereocenters. The highest BCUT2D eigenvalue weighted by atomic mass is 15.2. The summed E-state index contributed by atoms with van der Waals surface area (Å²) in [7, 11) is 0. The van der Waals surface area contributed by atoms with Gasteiger partial charge in [0.05, 0.1) is 0 Å². The monoisotopic (exact) mass is 317 g/mol. The molecular formula is C23H27N. The van der Waals surface area contributed by atoms with Gasteiger partial charge in [0.1, 0.15) is 0 Å². The van der Waals surface area contributed by atoms with Crippen molar-refractivity contribution in [3.05, 3.63) is 121 Å². The topological polar surface area (TPSA) is 3.24 Å². The number of allylic oxidation sites excluding steroid dienone is 13. The lowest BCUT2D eigenvalue weighted by Crippen LogP contribution is -2.18. The van der Waals surface area contributed by atoms with E-state index in [4.69, 9.17) is 0 Å². The summed E-state index contributed by atoms with van der Waals surface area (Å²) in [6, 6.07) is 0. The van der Waals surface area contributed by atoms with Crippen molar-refractivity contribution in [2.24, 2.45) is 0 Å². The third-order valence-electron chi connectivity index (χ3n) is 3.52. The van der Waals surface area contributed by atoms with E-state index < -0.39 is 0 Å². The molecular weight excluding hydrogens is 290 g/mol. The second kappa shape index (κ2) is 10.1. The Morgan fingerprint density at radius 3 is 2.17 bits per heavy atom. The fourth-order valence-corrected chi connectivity index (χ4v) is 2.09. The average Bonchev–Trinajstić information content (AvgIpc) is 2.57. The Balaban J connectivity index is 3.32. The summed E-state index contributed by atoms with van der Waals surface area (Å²) in [5.74, 6) is 0. The molecule has 1 aliphatic rings. The molecule has 0 radical (unpaired) electrons. The van der Waals surface area contributed by atoms with Crippen molar-refractivity contribution in [1.82, 2.24) is 4.90 Å². The maximum Gasteiger partial charge on any atom is 0.0457 e. The quantitative estimate of drug-likeness (QED) is 0.534. The molecule has 0 amide bonds. The fraction of sp³-hybridized carbons (Fsp3) is 0.130. The highest BCUT2D eigenvalue weighted by Crippen LogP contribution is 2.22. The van der Waals surface area contributed by atoms with Crippen LogP contribution in [-0.4, -0.2) is 4.90 Å². The standard InChI is InChI=1S/C23H27N/c1-7-19(3)18-23(8-2)24-21(5)16-11-9-10-14-20(4)15-12-13-17-22(24)6/h7-13,15-18H,2,4-6,14H2,1,3H3/b10-9-,15-12-,16-11-,17-13-,19-7-,23-18+. The summed E-state index contributed by atoms with van der Waals surface area (Å²) in [4.78, 5) is 1.99. The van der Waals surface area contributed by atoms with Gasteiger partial charge in [0, 0.05) is 17.1 Å². The summed E-state index contributed by atoms with van der Waals surface area (Å²) in [6.45, 7) is 20.4. The highest BCUT2D eigenvalue weighted by molar-refractivity contribution is 5.40. The molecule has 0 aromatic heterocycles. The SMILES string of the molecule is C=C/C(=C\C(C)=C/C)N1C(=C)/C=C\C=C/CC(=C)/C=C\C=C/C1=C. The van der Waals surface area contributed by atoms with Crippen molar-refractivity contribution >= 4 is 0 Å². The Morgan fingerprint density at radius 2 is 1.58 bits per heavy atom. The average molecular weight is 317 g/mol. The molecule has 24 heavy (non-hydrogen) atoms. The molecule has 0 fully saturated rings. The van der Waals surface area contributed by atoms with E-state index in [2.05, 4.69) is 51.5 Å². The van der Waals surface area contributed by atoms with Crippen LogP contribution in [0.4, 0.5) is 0 Å². The van der Waals surface area contributed by atoms with Gasteiger partial charge in [-0.3, -0.25) is 0 Å². The molecule has 0 N–H and O–H groups in total. The highest BCUT2D eigenvalue weighted by Gasteiger charge is 2.11. The van der Waals surface area contributed by atoms with Crippen molar-refractivity contribution in [2.45, 2.75) is 20.3 Å².